The van der Waals surface area contributed by atoms with Gasteiger partial charge in [0.25, 0.3) is 5.91 Å². The second-order valence-corrected chi connectivity index (χ2v) is 20.6. The molecule has 0 radical (unpaired) electrons. The highest BCUT2D eigenvalue weighted by atomic mass is 32.2. The maximum absolute atomic E-state index is 14.9. The Hall–Kier alpha value is -4.70. The quantitative estimate of drug-likeness (QED) is 0.192. The van der Waals surface area contributed by atoms with E-state index in [1.165, 1.54) is 11.0 Å². The molecule has 3 aliphatic carbocycles. The van der Waals surface area contributed by atoms with E-state index in [0.717, 1.165) is 31.1 Å². The number of aromatic nitrogens is 1. The van der Waals surface area contributed by atoms with Crippen molar-refractivity contribution in [1.29, 1.82) is 0 Å². The number of pyridine rings is 1. The summed E-state index contributed by atoms with van der Waals surface area (Å²) in [6, 6.07) is 5.20. The molecule has 1 aromatic heterocycles. The molecule has 1 saturated heterocycles. The number of carbonyl (C=O) groups excluding carboxylic acids is 4. The van der Waals surface area contributed by atoms with Crippen molar-refractivity contribution in [3.05, 3.63) is 54.6 Å². The molecule has 0 spiro atoms. The van der Waals surface area contributed by atoms with Crippen molar-refractivity contribution in [3.8, 4) is 11.6 Å². The summed E-state index contributed by atoms with van der Waals surface area (Å²) in [6.07, 6.45) is 9.65. The predicted octanol–water partition coefficient (Wildman–Crippen LogP) is 4.61. The van der Waals surface area contributed by atoms with Crippen LogP contribution in [0.15, 0.2) is 49.1 Å². The van der Waals surface area contributed by atoms with Gasteiger partial charge in [-0.3, -0.25) is 19.1 Å². The van der Waals surface area contributed by atoms with E-state index < -0.39 is 73.6 Å². The molecular weight excluding hydrogens is 791 g/mol. The first kappa shape index (κ1) is 43.4. The number of amides is 4. The van der Waals surface area contributed by atoms with Gasteiger partial charge >= 0.3 is 6.09 Å². The number of aliphatic hydroxyl groups excluding tert-OH is 1. The highest BCUT2D eigenvalue weighted by Gasteiger charge is 2.63. The summed E-state index contributed by atoms with van der Waals surface area (Å²) in [5.41, 5.74) is -1.15. The number of fused-ring (bicyclic) bond motifs is 5. The molecule has 4 fully saturated rings. The van der Waals surface area contributed by atoms with E-state index in [4.69, 9.17) is 19.2 Å². The third-order valence-electron chi connectivity index (χ3n) is 12.9. The second-order valence-electron chi connectivity index (χ2n) is 18.4. The summed E-state index contributed by atoms with van der Waals surface area (Å²) in [5.74, 6) is -1.66. The van der Waals surface area contributed by atoms with Crippen molar-refractivity contribution in [2.24, 2.45) is 17.3 Å². The zero-order valence-electron chi connectivity index (χ0n) is 35.0. The third-order valence-corrected chi connectivity index (χ3v) is 15.0. The highest BCUT2D eigenvalue weighted by Crippen LogP contribution is 2.47. The molecule has 7 rings (SSSR count). The molecule has 2 aliphatic heterocycles. The molecule has 2 aromatic rings. The van der Waals surface area contributed by atoms with Crippen molar-refractivity contribution >= 4 is 44.7 Å². The Morgan fingerprint density at radius 1 is 1.13 bits per heavy atom. The third kappa shape index (κ3) is 8.86. The number of alkyl carbamates (subject to hydrolysis) is 1. The van der Waals surface area contributed by atoms with Crippen LogP contribution in [0.25, 0.3) is 10.9 Å². The van der Waals surface area contributed by atoms with Crippen LogP contribution in [0.5, 0.6) is 11.6 Å². The van der Waals surface area contributed by atoms with E-state index in [2.05, 4.69) is 28.0 Å². The molecule has 15 nitrogen and oxygen atoms in total. The maximum atomic E-state index is 14.9. The van der Waals surface area contributed by atoms with Crippen LogP contribution in [-0.2, 0) is 35.6 Å². The largest absolute Gasteiger partial charge is 0.492 e. The first-order valence-electron chi connectivity index (χ1n) is 21.3. The van der Waals surface area contributed by atoms with Gasteiger partial charge in [0.15, 0.2) is 0 Å². The lowest BCUT2D eigenvalue weighted by atomic mass is 9.85. The van der Waals surface area contributed by atoms with E-state index in [-0.39, 0.29) is 50.5 Å². The zero-order chi connectivity index (χ0) is 43.0. The molecule has 3 saturated carbocycles. The van der Waals surface area contributed by atoms with Crippen LogP contribution in [-0.4, -0.2) is 102 Å². The standard InChI is InChI=1S/C44H59N5O10S/c1-6-28-25-44(28,40(53)48-60(55,56)43(5)20-21-43)47-37(51)33-24-29-26-49(33)39(52)36(42(2,3)4)46-41(54)59-34-19-12-15-27(34)14-8-7-9-17-31-35(57-23-13-22-50)30-16-10-11-18-32(30)45-38(31)58-29/h6-7,9-11,16,18,27-29,33-34,36,50H,1,8,12-15,17,19-26H2,2-5H3,(H,46,54)(H,47,51)(H,48,53)/b9-7+/t27-,28-,29-,33+,34-,36-,44-/m1/s1. The van der Waals surface area contributed by atoms with Gasteiger partial charge in [-0.25, -0.2) is 18.2 Å². The number of benzene rings is 1. The van der Waals surface area contributed by atoms with Gasteiger partial charge in [-0.05, 0) is 88.2 Å². The van der Waals surface area contributed by atoms with Crippen LogP contribution < -0.4 is 24.8 Å². The molecule has 4 N–H and O–H groups in total. The summed E-state index contributed by atoms with van der Waals surface area (Å²) in [7, 11) is -4.02. The van der Waals surface area contributed by atoms with Crippen LogP contribution in [0.2, 0.25) is 0 Å². The van der Waals surface area contributed by atoms with Crippen LogP contribution in [0.3, 0.4) is 0 Å². The Labute approximate surface area is 352 Å². The van der Waals surface area contributed by atoms with Gasteiger partial charge in [0.1, 0.15) is 35.6 Å². The molecule has 5 aliphatic rings. The van der Waals surface area contributed by atoms with Gasteiger partial charge in [0.2, 0.25) is 27.7 Å². The molecular formula is C44H59N5O10S. The lowest BCUT2D eigenvalue weighted by Gasteiger charge is -2.35. The Kier molecular flexibility index (Phi) is 12.3. The number of carbonyl (C=O) groups is 4. The number of aliphatic hydroxyl groups is 1. The molecule has 60 heavy (non-hydrogen) atoms. The smallest absolute Gasteiger partial charge is 0.408 e. The van der Waals surface area contributed by atoms with Crippen LogP contribution in [0, 0.1) is 17.3 Å². The van der Waals surface area contributed by atoms with Gasteiger partial charge in [-0.1, -0.05) is 51.1 Å². The number of nitrogens with zero attached hydrogens (tertiary/aromatic N) is 2. The molecule has 7 atom stereocenters. The zero-order valence-corrected chi connectivity index (χ0v) is 35.9. The lowest BCUT2D eigenvalue weighted by molar-refractivity contribution is -0.143. The number of allylic oxidation sites excluding steroid dienone is 2. The minimum Gasteiger partial charge on any atom is -0.492 e. The first-order chi connectivity index (χ1) is 28.5. The molecule has 1 aromatic carbocycles. The van der Waals surface area contributed by atoms with Gasteiger partial charge < -0.3 is 34.9 Å². The monoisotopic (exact) mass is 849 g/mol. The van der Waals surface area contributed by atoms with E-state index in [1.807, 2.05) is 51.1 Å². The minimum atomic E-state index is -4.02. The Balaban J connectivity index is 1.26. The predicted molar refractivity (Wildman–Crippen MR) is 223 cm³/mol. The number of rotatable bonds is 10. The summed E-state index contributed by atoms with van der Waals surface area (Å²) in [6.45, 7) is 10.9. The van der Waals surface area contributed by atoms with Crippen molar-refractivity contribution < 1.29 is 46.9 Å². The molecule has 326 valence electrons. The minimum absolute atomic E-state index is 0.0139. The molecule has 16 heteroatoms. The summed E-state index contributed by atoms with van der Waals surface area (Å²) >= 11 is 0. The fourth-order valence-corrected chi connectivity index (χ4v) is 10.1. The topological polar surface area (TPSA) is 203 Å². The number of hydrogen-bond donors (Lipinski definition) is 4. The van der Waals surface area contributed by atoms with Gasteiger partial charge in [-0.2, -0.15) is 0 Å². The lowest BCUT2D eigenvalue weighted by Crippen LogP contribution is -2.60. The van der Waals surface area contributed by atoms with E-state index in [9.17, 15) is 32.7 Å². The van der Waals surface area contributed by atoms with E-state index in [0.29, 0.717) is 48.9 Å². The fourth-order valence-electron chi connectivity index (χ4n) is 8.75. The van der Waals surface area contributed by atoms with Gasteiger partial charge in [0.05, 0.1) is 29.0 Å². The highest BCUT2D eigenvalue weighted by molar-refractivity contribution is 7.91. The van der Waals surface area contributed by atoms with E-state index in [1.54, 1.807) is 6.92 Å². The maximum Gasteiger partial charge on any atom is 0.408 e. The number of sulfonamides is 1. The summed E-state index contributed by atoms with van der Waals surface area (Å²) in [4.78, 5) is 63.2. The Morgan fingerprint density at radius 2 is 1.90 bits per heavy atom. The van der Waals surface area contributed by atoms with Crippen LogP contribution in [0.1, 0.15) is 97.5 Å². The first-order valence-corrected chi connectivity index (χ1v) is 22.7. The van der Waals surface area contributed by atoms with E-state index >= 15 is 0 Å². The molecule has 2 bridgehead atoms. The average Bonchev–Trinajstić information content (AvgIpc) is 4.01. The normalized spacial score (nSPS) is 29.6. The Morgan fingerprint density at radius 3 is 2.60 bits per heavy atom. The number of ether oxygens (including phenoxy) is 3. The van der Waals surface area contributed by atoms with Crippen LogP contribution in [0.4, 0.5) is 4.79 Å². The fraction of sp³-hybridized carbons (Fsp3) is 0.614. The summed E-state index contributed by atoms with van der Waals surface area (Å²) < 4.78 is 46.5. The van der Waals surface area contributed by atoms with Gasteiger partial charge in [0, 0.05) is 30.8 Å². The average molecular weight is 850 g/mol. The van der Waals surface area contributed by atoms with Crippen LogP contribution >= 0.6 is 0 Å². The number of hydrogen-bond acceptors (Lipinski definition) is 11. The number of para-hydroxylation sites is 1. The SMILES string of the molecule is C=C[C@@H]1C[C@]1(NC(=O)[C@@H]1C[C@@H]2CN1C(=O)[C@H](C(C)(C)C)NC(=O)O[C@@H]1CCC[C@H]1CC/C=C/Cc1c(nc3ccccc3c1OCCCO)O2)C(=O)NS(=O)(=O)C1(C)CC1. The summed E-state index contributed by atoms with van der Waals surface area (Å²) in [5, 5.41) is 16.0. The Bertz CT molecular complexity index is 2150. The van der Waals surface area contributed by atoms with Crippen molar-refractivity contribution in [1.82, 2.24) is 25.2 Å². The molecule has 4 amide bonds. The van der Waals surface area contributed by atoms with Crippen molar-refractivity contribution in [2.75, 3.05) is 19.8 Å². The van der Waals surface area contributed by atoms with Crippen molar-refractivity contribution in [2.45, 2.75) is 133 Å². The molecule has 3 heterocycles. The molecule has 0 unspecified atom stereocenters. The van der Waals surface area contributed by atoms with Gasteiger partial charge in [-0.15, -0.1) is 6.58 Å². The number of nitrogens with one attached hydrogen (secondary N) is 3. The van der Waals surface area contributed by atoms with Crippen molar-refractivity contribution in [3.63, 3.8) is 0 Å². The second kappa shape index (κ2) is 17.0.